The minimum Gasteiger partial charge on any atom is -0.338 e. The average Bonchev–Trinajstić information content (AvgIpc) is 3.32. The number of carbonyl (C=O) groups excluding carboxylic acids is 1. The number of carbonyl (C=O) groups is 1. The summed E-state index contributed by atoms with van der Waals surface area (Å²) in [4.78, 5) is 23.2. The number of aromatic nitrogens is 6. The van der Waals surface area contributed by atoms with Crippen LogP contribution in [0, 0.1) is 6.92 Å². The molecule has 4 rings (SSSR count). The Morgan fingerprint density at radius 3 is 2.72 bits per heavy atom. The number of sulfone groups is 1. The van der Waals surface area contributed by atoms with Crippen LogP contribution in [-0.4, -0.2) is 67.9 Å². The average molecular weight is 417 g/mol. The van der Waals surface area contributed by atoms with Gasteiger partial charge in [-0.2, -0.15) is 19.7 Å². The lowest BCUT2D eigenvalue weighted by molar-refractivity contribution is 0.0703. The first-order valence-corrected chi connectivity index (χ1v) is 11.4. The van der Waals surface area contributed by atoms with E-state index < -0.39 is 9.84 Å². The Hall–Kier alpha value is -2.82. The van der Waals surface area contributed by atoms with Crippen LogP contribution in [0.4, 0.5) is 0 Å². The summed E-state index contributed by atoms with van der Waals surface area (Å²) in [6.07, 6.45) is 6.97. The van der Waals surface area contributed by atoms with Gasteiger partial charge in [0.25, 0.3) is 11.7 Å². The fourth-order valence-corrected chi connectivity index (χ4v) is 4.85. The predicted octanol–water partition coefficient (Wildman–Crippen LogP) is 1.07. The zero-order chi connectivity index (χ0) is 20.8. The highest BCUT2D eigenvalue weighted by atomic mass is 32.2. The first kappa shape index (κ1) is 19.5. The van der Waals surface area contributed by atoms with E-state index in [1.807, 2.05) is 13.8 Å². The molecule has 1 atom stereocenters. The molecule has 0 spiro atoms. The summed E-state index contributed by atoms with van der Waals surface area (Å²) in [5.41, 5.74) is 1.95. The number of likely N-dealkylation sites (tertiary alicyclic amines) is 1. The monoisotopic (exact) mass is 417 g/mol. The van der Waals surface area contributed by atoms with Crippen LogP contribution in [0.25, 0.3) is 5.78 Å². The number of piperidine rings is 1. The van der Waals surface area contributed by atoms with Gasteiger partial charge in [0.1, 0.15) is 11.2 Å². The third-order valence-corrected chi connectivity index (χ3v) is 6.55. The normalized spacial score (nSPS) is 17.8. The molecule has 154 valence electrons. The van der Waals surface area contributed by atoms with E-state index in [1.54, 1.807) is 15.8 Å². The smallest absolute Gasteiger partial charge is 0.257 e. The van der Waals surface area contributed by atoms with Crippen molar-refractivity contribution in [2.75, 3.05) is 19.3 Å². The van der Waals surface area contributed by atoms with Crippen molar-refractivity contribution in [3.05, 3.63) is 35.7 Å². The fourth-order valence-electron chi connectivity index (χ4n) is 3.97. The van der Waals surface area contributed by atoms with Crippen LogP contribution in [-0.2, 0) is 16.4 Å². The molecule has 11 heteroatoms. The van der Waals surface area contributed by atoms with Gasteiger partial charge in [-0.25, -0.2) is 13.4 Å². The summed E-state index contributed by atoms with van der Waals surface area (Å²) in [7, 11) is -3.52. The molecule has 0 aliphatic carbocycles. The Labute approximate surface area is 168 Å². The van der Waals surface area contributed by atoms with E-state index in [4.69, 9.17) is 0 Å². The van der Waals surface area contributed by atoms with Gasteiger partial charge >= 0.3 is 0 Å². The summed E-state index contributed by atoms with van der Waals surface area (Å²) in [6.45, 7) is 5.57. The van der Waals surface area contributed by atoms with Gasteiger partial charge in [0.05, 0.1) is 23.7 Å². The lowest BCUT2D eigenvalue weighted by Gasteiger charge is -2.33. The van der Waals surface area contributed by atoms with Crippen LogP contribution in [0.2, 0.25) is 0 Å². The molecule has 1 saturated heterocycles. The van der Waals surface area contributed by atoms with Gasteiger partial charge in [0.2, 0.25) is 0 Å². The van der Waals surface area contributed by atoms with Gasteiger partial charge in [-0.3, -0.25) is 9.48 Å². The molecule has 10 nitrogen and oxygen atoms in total. The second kappa shape index (κ2) is 7.21. The van der Waals surface area contributed by atoms with Gasteiger partial charge in [-0.05, 0) is 26.7 Å². The third kappa shape index (κ3) is 3.39. The van der Waals surface area contributed by atoms with Gasteiger partial charge in [-0.1, -0.05) is 0 Å². The second-order valence-corrected chi connectivity index (χ2v) is 9.29. The summed E-state index contributed by atoms with van der Waals surface area (Å²) in [6, 6.07) is 0. The van der Waals surface area contributed by atoms with E-state index in [-0.39, 0.29) is 16.7 Å². The van der Waals surface area contributed by atoms with Crippen molar-refractivity contribution in [2.45, 2.75) is 44.0 Å². The van der Waals surface area contributed by atoms with Crippen molar-refractivity contribution < 1.29 is 13.2 Å². The Bertz CT molecular complexity index is 1180. The molecular formula is C18H23N7O3S. The molecule has 3 aromatic rings. The molecule has 0 saturated carbocycles. The highest BCUT2D eigenvalue weighted by molar-refractivity contribution is 7.90. The largest absolute Gasteiger partial charge is 0.338 e. The Kier molecular flexibility index (Phi) is 4.85. The Morgan fingerprint density at radius 1 is 1.24 bits per heavy atom. The molecule has 3 aromatic heterocycles. The molecule has 0 N–H and O–H groups in total. The maximum atomic E-state index is 13.1. The minimum atomic E-state index is -3.52. The van der Waals surface area contributed by atoms with E-state index in [0.717, 1.165) is 24.8 Å². The predicted molar refractivity (Wildman–Crippen MR) is 104 cm³/mol. The lowest BCUT2D eigenvalue weighted by atomic mass is 9.94. The number of nitrogens with zero attached hydrogens (tertiary/aromatic N) is 7. The molecular weight excluding hydrogens is 394 g/mol. The van der Waals surface area contributed by atoms with E-state index in [0.29, 0.717) is 36.7 Å². The van der Waals surface area contributed by atoms with Gasteiger partial charge in [0, 0.05) is 37.5 Å². The first-order valence-electron chi connectivity index (χ1n) is 9.51. The van der Waals surface area contributed by atoms with Crippen LogP contribution >= 0.6 is 0 Å². The number of amides is 1. The molecule has 0 unspecified atom stereocenters. The van der Waals surface area contributed by atoms with E-state index in [9.17, 15) is 13.2 Å². The van der Waals surface area contributed by atoms with E-state index in [2.05, 4.69) is 20.2 Å². The van der Waals surface area contributed by atoms with E-state index >= 15 is 0 Å². The quantitative estimate of drug-likeness (QED) is 0.623. The maximum Gasteiger partial charge on any atom is 0.257 e. The Morgan fingerprint density at radius 2 is 2.03 bits per heavy atom. The number of hydrogen-bond acceptors (Lipinski definition) is 7. The summed E-state index contributed by atoms with van der Waals surface area (Å²) >= 11 is 0. The number of hydrogen-bond donors (Lipinski definition) is 0. The zero-order valence-electron chi connectivity index (χ0n) is 16.6. The van der Waals surface area contributed by atoms with Crippen LogP contribution < -0.4 is 0 Å². The van der Waals surface area contributed by atoms with Crippen molar-refractivity contribution in [3.63, 3.8) is 0 Å². The first-order chi connectivity index (χ1) is 13.8. The Balaban J connectivity index is 1.71. The van der Waals surface area contributed by atoms with E-state index in [1.165, 1.54) is 17.0 Å². The van der Waals surface area contributed by atoms with Gasteiger partial charge in [0.15, 0.2) is 9.84 Å². The third-order valence-electron chi connectivity index (χ3n) is 5.44. The van der Waals surface area contributed by atoms with Crippen molar-refractivity contribution in [3.8, 4) is 0 Å². The molecule has 0 bridgehead atoms. The maximum absolute atomic E-state index is 13.1. The van der Waals surface area contributed by atoms with Gasteiger partial charge < -0.3 is 4.90 Å². The van der Waals surface area contributed by atoms with Crippen LogP contribution in [0.5, 0.6) is 0 Å². The SMILES string of the molecule is CCn1ncc(C(=O)N2CCC[C@H](c3c(S(C)(=O)=O)cnc4ncnn34)C2)c1C. The zero-order valence-corrected chi connectivity index (χ0v) is 17.4. The number of aryl methyl sites for hydroxylation is 1. The van der Waals surface area contributed by atoms with Crippen molar-refractivity contribution >= 4 is 21.5 Å². The highest BCUT2D eigenvalue weighted by Crippen LogP contribution is 2.32. The molecule has 1 aliphatic heterocycles. The fraction of sp³-hybridized carbons (Fsp3) is 0.500. The topological polar surface area (TPSA) is 115 Å². The van der Waals surface area contributed by atoms with Crippen molar-refractivity contribution in [1.82, 2.24) is 34.3 Å². The summed E-state index contributed by atoms with van der Waals surface area (Å²) in [5, 5.41) is 8.45. The highest BCUT2D eigenvalue weighted by Gasteiger charge is 2.32. The molecule has 1 aliphatic rings. The van der Waals surface area contributed by atoms with Gasteiger partial charge in [-0.15, -0.1) is 0 Å². The molecule has 4 heterocycles. The minimum absolute atomic E-state index is 0.0864. The molecule has 1 amide bonds. The van der Waals surface area contributed by atoms with Crippen LogP contribution in [0.1, 0.15) is 47.4 Å². The van der Waals surface area contributed by atoms with Crippen LogP contribution in [0.3, 0.4) is 0 Å². The van der Waals surface area contributed by atoms with Crippen molar-refractivity contribution in [1.29, 1.82) is 0 Å². The second-order valence-electron chi connectivity index (χ2n) is 7.30. The van der Waals surface area contributed by atoms with Crippen LogP contribution in [0.15, 0.2) is 23.6 Å². The number of rotatable bonds is 4. The number of fused-ring (bicyclic) bond motifs is 1. The summed E-state index contributed by atoms with van der Waals surface area (Å²) in [5.74, 6) is 0.0683. The summed E-state index contributed by atoms with van der Waals surface area (Å²) < 4.78 is 28.0. The lowest BCUT2D eigenvalue weighted by Crippen LogP contribution is -2.40. The molecule has 29 heavy (non-hydrogen) atoms. The van der Waals surface area contributed by atoms with Crippen molar-refractivity contribution in [2.24, 2.45) is 0 Å². The molecule has 0 aromatic carbocycles. The standard InChI is InChI=1S/C18H23N7O3S/c1-4-24-12(2)14(8-21-24)17(26)23-7-5-6-13(10-23)16-15(29(3,27)28)9-19-18-20-11-22-25(16)18/h8-9,11,13H,4-7,10H2,1-3H3/t13-/m0/s1. The molecule has 0 radical (unpaired) electrons. The molecule has 1 fully saturated rings.